The molecule has 16 heavy (non-hydrogen) atoms. The second kappa shape index (κ2) is 4.33. The first-order valence-corrected chi connectivity index (χ1v) is 5.19. The van der Waals surface area contributed by atoms with Crippen LogP contribution in [0, 0.1) is 6.92 Å². The number of H-pyrrole nitrogens is 1. The van der Waals surface area contributed by atoms with Gasteiger partial charge in [0.25, 0.3) is 0 Å². The van der Waals surface area contributed by atoms with Crippen molar-refractivity contribution in [2.75, 3.05) is 0 Å². The Morgan fingerprint density at radius 1 is 1.12 bits per heavy atom. The van der Waals surface area contributed by atoms with Gasteiger partial charge in [-0.3, -0.25) is 4.79 Å². The van der Waals surface area contributed by atoms with Gasteiger partial charge in [-0.1, -0.05) is 30.3 Å². The smallest absolute Gasteiger partial charge is 0.248 e. The Kier molecular flexibility index (Phi) is 2.88. The fourth-order valence-corrected chi connectivity index (χ4v) is 1.77. The van der Waals surface area contributed by atoms with Crippen LogP contribution in [0.3, 0.4) is 0 Å². The predicted molar refractivity (Wildman–Crippen MR) is 64.3 cm³/mol. The molecule has 3 heteroatoms. The number of rotatable bonds is 2. The molecule has 1 aromatic carbocycles. The summed E-state index contributed by atoms with van der Waals surface area (Å²) in [5, 5.41) is 0. The van der Waals surface area contributed by atoms with Gasteiger partial charge < -0.3 is 10.7 Å². The van der Waals surface area contributed by atoms with E-state index in [2.05, 4.69) is 4.98 Å². The summed E-state index contributed by atoms with van der Waals surface area (Å²) >= 11 is 0. The van der Waals surface area contributed by atoms with Crippen LogP contribution in [0.4, 0.5) is 0 Å². The number of nitrogens with one attached hydrogen (secondary N) is 1. The minimum Gasteiger partial charge on any atom is -0.326 e. The Morgan fingerprint density at radius 2 is 1.81 bits per heavy atom. The number of aromatic nitrogens is 1. The van der Waals surface area contributed by atoms with Crippen LogP contribution in [0.1, 0.15) is 22.9 Å². The van der Waals surface area contributed by atoms with Crippen LogP contribution in [-0.4, -0.2) is 4.98 Å². The van der Waals surface area contributed by atoms with Crippen molar-refractivity contribution >= 4 is 0 Å². The molecule has 0 aliphatic carbocycles. The third-order valence-electron chi connectivity index (χ3n) is 2.65. The summed E-state index contributed by atoms with van der Waals surface area (Å²) in [4.78, 5) is 13.9. The number of nitrogens with two attached hydrogens (primary N) is 1. The Hall–Kier alpha value is -1.87. The monoisotopic (exact) mass is 214 g/mol. The lowest BCUT2D eigenvalue weighted by Gasteiger charge is -2.14. The van der Waals surface area contributed by atoms with Gasteiger partial charge in [-0.05, 0) is 24.1 Å². The van der Waals surface area contributed by atoms with Gasteiger partial charge in [0.2, 0.25) is 5.56 Å². The summed E-state index contributed by atoms with van der Waals surface area (Å²) in [6, 6.07) is 12.9. The summed E-state index contributed by atoms with van der Waals surface area (Å²) in [7, 11) is 0. The molecule has 2 rings (SSSR count). The summed E-state index contributed by atoms with van der Waals surface area (Å²) < 4.78 is 0. The van der Waals surface area contributed by atoms with E-state index >= 15 is 0 Å². The molecule has 3 N–H and O–H groups in total. The van der Waals surface area contributed by atoms with Crippen molar-refractivity contribution < 1.29 is 0 Å². The largest absolute Gasteiger partial charge is 0.326 e. The second-order valence-corrected chi connectivity index (χ2v) is 3.79. The van der Waals surface area contributed by atoms with Crippen LogP contribution in [0.5, 0.6) is 0 Å². The highest BCUT2D eigenvalue weighted by atomic mass is 16.1. The lowest BCUT2D eigenvalue weighted by atomic mass is 9.99. The van der Waals surface area contributed by atoms with E-state index in [4.69, 9.17) is 5.73 Å². The first kappa shape index (κ1) is 10.6. The normalized spacial score (nSPS) is 12.4. The van der Waals surface area contributed by atoms with E-state index in [9.17, 15) is 4.79 Å². The Bertz CT molecular complexity index is 531. The van der Waals surface area contributed by atoms with Gasteiger partial charge in [-0.25, -0.2) is 0 Å². The van der Waals surface area contributed by atoms with Crippen molar-refractivity contribution in [3.63, 3.8) is 0 Å². The number of aromatic amines is 1. The van der Waals surface area contributed by atoms with E-state index in [-0.39, 0.29) is 11.6 Å². The maximum Gasteiger partial charge on any atom is 0.248 e. The summed E-state index contributed by atoms with van der Waals surface area (Å²) in [5.41, 5.74) is 8.86. The summed E-state index contributed by atoms with van der Waals surface area (Å²) in [5.74, 6) is 0. The van der Waals surface area contributed by atoms with Crippen LogP contribution in [0.15, 0.2) is 47.3 Å². The van der Waals surface area contributed by atoms with Gasteiger partial charge in [0, 0.05) is 11.8 Å². The van der Waals surface area contributed by atoms with Crippen LogP contribution < -0.4 is 11.3 Å². The zero-order valence-electron chi connectivity index (χ0n) is 9.10. The number of pyridine rings is 1. The van der Waals surface area contributed by atoms with E-state index in [1.54, 1.807) is 6.07 Å². The van der Waals surface area contributed by atoms with Crippen LogP contribution in [0.2, 0.25) is 0 Å². The standard InChI is InChI=1S/C13H14N2O/c1-9-11(7-8-12(16)15-9)13(14)10-5-3-2-4-6-10/h2-8,13H,14H2,1H3,(H,15,16)/t13-/m1/s1. The van der Waals surface area contributed by atoms with Crippen molar-refractivity contribution in [1.29, 1.82) is 0 Å². The molecule has 0 aliphatic heterocycles. The first-order valence-electron chi connectivity index (χ1n) is 5.19. The molecule has 0 spiro atoms. The molecule has 0 radical (unpaired) electrons. The fourth-order valence-electron chi connectivity index (χ4n) is 1.77. The molecule has 0 bridgehead atoms. The van der Waals surface area contributed by atoms with Crippen molar-refractivity contribution in [2.24, 2.45) is 5.73 Å². The molecule has 2 aromatic rings. The topological polar surface area (TPSA) is 58.9 Å². The highest BCUT2D eigenvalue weighted by molar-refractivity contribution is 5.32. The second-order valence-electron chi connectivity index (χ2n) is 3.79. The van der Waals surface area contributed by atoms with Crippen LogP contribution in [-0.2, 0) is 0 Å². The van der Waals surface area contributed by atoms with Gasteiger partial charge in [-0.15, -0.1) is 0 Å². The molecular formula is C13H14N2O. The quantitative estimate of drug-likeness (QED) is 0.799. The Morgan fingerprint density at radius 3 is 2.44 bits per heavy atom. The average Bonchev–Trinajstić information content (AvgIpc) is 2.29. The molecule has 3 nitrogen and oxygen atoms in total. The minimum absolute atomic E-state index is 0.0958. The molecule has 1 heterocycles. The van der Waals surface area contributed by atoms with E-state index in [0.29, 0.717) is 0 Å². The van der Waals surface area contributed by atoms with Gasteiger partial charge in [0.15, 0.2) is 0 Å². The zero-order chi connectivity index (χ0) is 11.5. The summed E-state index contributed by atoms with van der Waals surface area (Å²) in [6.07, 6.45) is 0. The van der Waals surface area contributed by atoms with E-state index in [0.717, 1.165) is 16.8 Å². The van der Waals surface area contributed by atoms with E-state index in [1.165, 1.54) is 6.07 Å². The lowest BCUT2D eigenvalue weighted by molar-refractivity contribution is 0.844. The lowest BCUT2D eigenvalue weighted by Crippen LogP contribution is -2.17. The fraction of sp³-hybridized carbons (Fsp3) is 0.154. The molecule has 0 saturated carbocycles. The highest BCUT2D eigenvalue weighted by Crippen LogP contribution is 2.19. The van der Waals surface area contributed by atoms with Gasteiger partial charge in [-0.2, -0.15) is 0 Å². The molecule has 0 amide bonds. The highest BCUT2D eigenvalue weighted by Gasteiger charge is 2.10. The minimum atomic E-state index is -0.196. The third kappa shape index (κ3) is 2.04. The third-order valence-corrected chi connectivity index (χ3v) is 2.65. The molecular weight excluding hydrogens is 200 g/mol. The maximum absolute atomic E-state index is 11.1. The number of benzene rings is 1. The zero-order valence-corrected chi connectivity index (χ0v) is 9.10. The van der Waals surface area contributed by atoms with Crippen LogP contribution >= 0.6 is 0 Å². The number of aryl methyl sites for hydroxylation is 1. The molecule has 0 saturated heterocycles. The maximum atomic E-state index is 11.1. The Balaban J connectivity index is 2.42. The first-order chi connectivity index (χ1) is 7.68. The van der Waals surface area contributed by atoms with Gasteiger partial charge in [0.1, 0.15) is 0 Å². The molecule has 0 unspecified atom stereocenters. The van der Waals surface area contributed by atoms with Crippen molar-refractivity contribution in [3.8, 4) is 0 Å². The van der Waals surface area contributed by atoms with E-state index < -0.39 is 0 Å². The van der Waals surface area contributed by atoms with Crippen molar-refractivity contribution in [2.45, 2.75) is 13.0 Å². The molecule has 1 aromatic heterocycles. The van der Waals surface area contributed by atoms with Crippen molar-refractivity contribution in [1.82, 2.24) is 4.98 Å². The van der Waals surface area contributed by atoms with Gasteiger partial charge in [0.05, 0.1) is 6.04 Å². The number of hydrogen-bond acceptors (Lipinski definition) is 2. The van der Waals surface area contributed by atoms with Crippen LogP contribution in [0.25, 0.3) is 0 Å². The molecule has 0 aliphatic rings. The number of hydrogen-bond donors (Lipinski definition) is 2. The Labute approximate surface area is 93.9 Å². The predicted octanol–water partition coefficient (Wildman–Crippen LogP) is 1.73. The average molecular weight is 214 g/mol. The van der Waals surface area contributed by atoms with E-state index in [1.807, 2.05) is 37.3 Å². The van der Waals surface area contributed by atoms with Crippen molar-refractivity contribution in [3.05, 3.63) is 69.6 Å². The molecule has 82 valence electrons. The van der Waals surface area contributed by atoms with Gasteiger partial charge >= 0.3 is 0 Å². The molecule has 0 fully saturated rings. The SMILES string of the molecule is Cc1[nH]c(=O)ccc1[C@H](N)c1ccccc1. The molecule has 1 atom stereocenters. The summed E-state index contributed by atoms with van der Waals surface area (Å²) in [6.45, 7) is 1.86.